The summed E-state index contributed by atoms with van der Waals surface area (Å²) in [7, 11) is 0. The number of benzene rings is 3. The second kappa shape index (κ2) is 6.77. The fourth-order valence-corrected chi connectivity index (χ4v) is 4.10. The van der Waals surface area contributed by atoms with Crippen LogP contribution in [0.3, 0.4) is 0 Å². The minimum Gasteiger partial charge on any atom is -0.455 e. The van der Waals surface area contributed by atoms with Crippen LogP contribution in [-0.4, -0.2) is 19.5 Å². The van der Waals surface area contributed by atoms with Gasteiger partial charge in [-0.3, -0.25) is 4.57 Å². The lowest BCUT2D eigenvalue weighted by Gasteiger charge is -2.08. The molecule has 0 saturated heterocycles. The number of aromatic nitrogens is 4. The molecule has 5 heteroatoms. The number of imidazole rings is 1. The van der Waals surface area contributed by atoms with E-state index >= 15 is 0 Å². The summed E-state index contributed by atoms with van der Waals surface area (Å²) in [6.07, 6.45) is 3.33. The Balaban J connectivity index is 1.67. The Hall–Kier alpha value is -3.99. The molecule has 6 rings (SSSR count). The third-order valence-corrected chi connectivity index (χ3v) is 5.63. The van der Waals surface area contributed by atoms with E-state index in [0.29, 0.717) is 11.3 Å². The smallest absolute Gasteiger partial charge is 0.198 e. The predicted octanol–water partition coefficient (Wildman–Crippen LogP) is 6.51. The third kappa shape index (κ3) is 2.74. The Morgan fingerprint density at radius 2 is 1.74 bits per heavy atom. The van der Waals surface area contributed by atoms with E-state index in [2.05, 4.69) is 16.0 Å². The summed E-state index contributed by atoms with van der Waals surface area (Å²) in [6, 6.07) is 22.1. The first-order valence-electron chi connectivity index (χ1n) is 10.7. The number of hydrogen-bond acceptors (Lipinski definition) is 4. The molecule has 0 radical (unpaired) electrons. The van der Waals surface area contributed by atoms with Gasteiger partial charge in [0.25, 0.3) is 0 Å². The van der Waals surface area contributed by atoms with Gasteiger partial charge in [0.2, 0.25) is 0 Å². The van der Waals surface area contributed by atoms with Gasteiger partial charge in [-0.05, 0) is 35.7 Å². The average Bonchev–Trinajstić information content (AvgIpc) is 3.37. The van der Waals surface area contributed by atoms with Crippen LogP contribution >= 0.6 is 0 Å². The molecule has 0 N–H and O–H groups in total. The van der Waals surface area contributed by atoms with Gasteiger partial charge in [-0.15, -0.1) is 0 Å². The Morgan fingerprint density at radius 3 is 2.58 bits per heavy atom. The molecule has 31 heavy (non-hydrogen) atoms. The van der Waals surface area contributed by atoms with Crippen molar-refractivity contribution in [3.05, 3.63) is 84.7 Å². The number of para-hydroxylation sites is 2. The van der Waals surface area contributed by atoms with E-state index < -0.39 is 5.89 Å². The fraction of sp³-hybridized carbons (Fsp3) is 0.115. The lowest BCUT2D eigenvalue weighted by atomic mass is 10.0. The van der Waals surface area contributed by atoms with Gasteiger partial charge in [0, 0.05) is 30.2 Å². The lowest BCUT2D eigenvalue weighted by molar-refractivity contribution is 0.667. The molecule has 0 saturated carbocycles. The zero-order chi connectivity index (χ0) is 21.9. The summed E-state index contributed by atoms with van der Waals surface area (Å²) in [5, 5.41) is 2.04. The highest BCUT2D eigenvalue weighted by Gasteiger charge is 2.20. The highest BCUT2D eigenvalue weighted by atomic mass is 16.3. The van der Waals surface area contributed by atoms with Crippen molar-refractivity contribution >= 4 is 33.2 Å². The van der Waals surface area contributed by atoms with Crippen LogP contribution < -0.4 is 0 Å². The summed E-state index contributed by atoms with van der Waals surface area (Å²) >= 11 is 0. The number of rotatable bonds is 3. The lowest BCUT2D eigenvalue weighted by Crippen LogP contribution is -1.98. The average molecular weight is 405 g/mol. The van der Waals surface area contributed by atoms with E-state index in [1.165, 1.54) is 0 Å². The van der Waals surface area contributed by atoms with E-state index in [-0.39, 0.29) is 0 Å². The van der Waals surface area contributed by atoms with Crippen LogP contribution in [0.4, 0.5) is 0 Å². The van der Waals surface area contributed by atoms with Gasteiger partial charge in [-0.25, -0.2) is 15.0 Å². The SMILES string of the molecule is [2H]C(C)(C)c1ccc2c(c1)oc1c(-c3nc4nccnc4n3-c3ccccc3)cccc12. The first-order valence-corrected chi connectivity index (χ1v) is 10.2. The van der Waals surface area contributed by atoms with Crippen LogP contribution in [0.5, 0.6) is 0 Å². The molecule has 0 spiro atoms. The maximum Gasteiger partial charge on any atom is 0.198 e. The van der Waals surface area contributed by atoms with Crippen LogP contribution in [0.25, 0.3) is 50.3 Å². The number of fused-ring (bicyclic) bond motifs is 4. The molecule has 0 amide bonds. The monoisotopic (exact) mass is 405 g/mol. The molecule has 0 aliphatic carbocycles. The molecule has 6 aromatic rings. The van der Waals surface area contributed by atoms with Crippen LogP contribution in [0.15, 0.2) is 83.5 Å². The van der Waals surface area contributed by atoms with Crippen molar-refractivity contribution < 1.29 is 5.79 Å². The van der Waals surface area contributed by atoms with Gasteiger partial charge in [-0.2, -0.15) is 0 Å². The molecule has 3 heterocycles. The first-order chi connectivity index (χ1) is 15.5. The van der Waals surface area contributed by atoms with Crippen molar-refractivity contribution in [2.45, 2.75) is 19.7 Å². The summed E-state index contributed by atoms with van der Waals surface area (Å²) in [5.74, 6) is 0.0253. The van der Waals surface area contributed by atoms with E-state index in [1.54, 1.807) is 12.4 Å². The van der Waals surface area contributed by atoms with Gasteiger partial charge in [0.05, 0.1) is 5.56 Å². The minimum absolute atomic E-state index is 0.581. The highest BCUT2D eigenvalue weighted by Crippen LogP contribution is 2.38. The van der Waals surface area contributed by atoms with Crippen LogP contribution in [-0.2, 0) is 0 Å². The van der Waals surface area contributed by atoms with Crippen molar-refractivity contribution in [2.75, 3.05) is 0 Å². The van der Waals surface area contributed by atoms with E-state index in [1.807, 2.05) is 79.1 Å². The molecule has 0 bridgehead atoms. The molecule has 3 aromatic carbocycles. The van der Waals surface area contributed by atoms with Gasteiger partial charge >= 0.3 is 0 Å². The standard InChI is InChI=1S/C26H20N4O/c1-16(2)17-11-12-19-20-9-6-10-21(23(20)31-22(19)15-17)25-29-24-26(28-14-13-27-24)30(25)18-7-4-3-5-8-18/h3-16H,1-2H3/i16D. The second-order valence-corrected chi connectivity index (χ2v) is 7.81. The summed E-state index contributed by atoms with van der Waals surface area (Å²) in [6.45, 7) is 3.76. The van der Waals surface area contributed by atoms with E-state index in [0.717, 1.165) is 44.6 Å². The zero-order valence-corrected chi connectivity index (χ0v) is 17.2. The topological polar surface area (TPSA) is 56.7 Å². The van der Waals surface area contributed by atoms with E-state index in [9.17, 15) is 0 Å². The van der Waals surface area contributed by atoms with Crippen LogP contribution in [0.1, 0.15) is 26.7 Å². The van der Waals surface area contributed by atoms with Gasteiger partial charge in [0.15, 0.2) is 17.1 Å². The second-order valence-electron chi connectivity index (χ2n) is 7.81. The van der Waals surface area contributed by atoms with Crippen LogP contribution in [0, 0.1) is 0 Å². The Morgan fingerprint density at radius 1 is 0.903 bits per heavy atom. The van der Waals surface area contributed by atoms with Gasteiger partial charge < -0.3 is 4.42 Å². The normalized spacial score (nSPS) is 12.6. The molecule has 3 aromatic heterocycles. The zero-order valence-electron chi connectivity index (χ0n) is 18.2. The predicted molar refractivity (Wildman–Crippen MR) is 123 cm³/mol. The van der Waals surface area contributed by atoms with Crippen molar-refractivity contribution in [3.63, 3.8) is 0 Å². The number of hydrogen-bond donors (Lipinski definition) is 0. The molecule has 0 fully saturated rings. The maximum atomic E-state index is 8.38. The highest BCUT2D eigenvalue weighted by molar-refractivity contribution is 6.09. The van der Waals surface area contributed by atoms with Crippen molar-refractivity contribution in [3.8, 4) is 17.1 Å². The Kier molecular flexibility index (Phi) is 3.66. The van der Waals surface area contributed by atoms with Crippen molar-refractivity contribution in [1.29, 1.82) is 0 Å². The minimum atomic E-state index is -0.700. The molecular formula is C26H20N4O. The molecule has 0 unspecified atom stereocenters. The molecule has 0 aliphatic heterocycles. The van der Waals surface area contributed by atoms with Gasteiger partial charge in [-0.1, -0.05) is 56.3 Å². The fourth-order valence-electron chi connectivity index (χ4n) is 4.10. The Bertz CT molecular complexity index is 1610. The largest absolute Gasteiger partial charge is 0.455 e. The van der Waals surface area contributed by atoms with Gasteiger partial charge in [0.1, 0.15) is 11.2 Å². The quantitative estimate of drug-likeness (QED) is 0.337. The summed E-state index contributed by atoms with van der Waals surface area (Å²) in [5.41, 5.74) is 5.54. The molecule has 0 aliphatic rings. The van der Waals surface area contributed by atoms with Crippen molar-refractivity contribution in [1.82, 2.24) is 19.5 Å². The molecular weight excluding hydrogens is 384 g/mol. The molecule has 0 atom stereocenters. The number of furan rings is 1. The molecule has 150 valence electrons. The summed E-state index contributed by atoms with van der Waals surface area (Å²) in [4.78, 5) is 13.8. The maximum absolute atomic E-state index is 8.38. The van der Waals surface area contributed by atoms with Crippen molar-refractivity contribution in [2.24, 2.45) is 0 Å². The van der Waals surface area contributed by atoms with E-state index in [4.69, 9.17) is 10.8 Å². The summed E-state index contributed by atoms with van der Waals surface area (Å²) < 4.78 is 16.8. The molecule has 5 nitrogen and oxygen atoms in total. The third-order valence-electron chi connectivity index (χ3n) is 5.63. The number of nitrogens with zero attached hydrogens (tertiary/aromatic N) is 4. The van der Waals surface area contributed by atoms with Crippen LogP contribution in [0.2, 0.25) is 0 Å². The Labute approximate surface area is 180 Å². The first kappa shape index (κ1) is 16.8.